The molecule has 2 heterocycles. The summed E-state index contributed by atoms with van der Waals surface area (Å²) in [7, 11) is 0. The number of carbonyl (C=O) groups excluding carboxylic acids is 2. The van der Waals surface area contributed by atoms with Crippen LogP contribution in [0.15, 0.2) is 70.8 Å². The minimum atomic E-state index is -1.05. The number of amides is 2. The normalized spacial score (nSPS) is 15.2. The largest absolute Gasteiger partial charge is 0.478 e. The van der Waals surface area contributed by atoms with Crippen molar-refractivity contribution < 1.29 is 19.5 Å². The third kappa shape index (κ3) is 4.00. The highest BCUT2D eigenvalue weighted by Crippen LogP contribution is 2.28. The van der Waals surface area contributed by atoms with E-state index < -0.39 is 17.8 Å². The van der Waals surface area contributed by atoms with Gasteiger partial charge in [0.05, 0.1) is 11.3 Å². The monoisotopic (exact) mass is 509 g/mol. The van der Waals surface area contributed by atoms with Gasteiger partial charge in [-0.05, 0) is 79.3 Å². The molecule has 0 unspecified atom stereocenters. The first-order valence-electron chi connectivity index (χ1n) is 9.45. The van der Waals surface area contributed by atoms with Crippen molar-refractivity contribution in [2.75, 3.05) is 4.90 Å². The Morgan fingerprint density at radius 3 is 2.62 bits per heavy atom. The smallest absolute Gasteiger partial charge is 0.335 e. The van der Waals surface area contributed by atoms with Gasteiger partial charge in [0.1, 0.15) is 5.57 Å². The summed E-state index contributed by atoms with van der Waals surface area (Å²) in [6, 6.07) is 15.2. The van der Waals surface area contributed by atoms with Crippen LogP contribution < -0.4 is 10.2 Å². The lowest BCUT2D eigenvalue weighted by molar-refractivity contribution is -0.122. The third-order valence-corrected chi connectivity index (χ3v) is 5.72. The van der Waals surface area contributed by atoms with Gasteiger partial charge in [0.25, 0.3) is 11.8 Å². The number of aromatic nitrogens is 1. The van der Waals surface area contributed by atoms with E-state index in [4.69, 9.17) is 12.2 Å². The van der Waals surface area contributed by atoms with Gasteiger partial charge in [-0.3, -0.25) is 19.8 Å². The van der Waals surface area contributed by atoms with E-state index in [1.807, 2.05) is 13.0 Å². The number of aryl methyl sites for hydroxylation is 1. The van der Waals surface area contributed by atoms with Gasteiger partial charge in [-0.1, -0.05) is 22.0 Å². The number of aromatic carboxylic acids is 1. The molecule has 2 aromatic carbocycles. The number of carboxylic acids is 1. The Morgan fingerprint density at radius 2 is 1.91 bits per heavy atom. The minimum Gasteiger partial charge on any atom is -0.478 e. The van der Waals surface area contributed by atoms with E-state index >= 15 is 0 Å². The summed E-state index contributed by atoms with van der Waals surface area (Å²) < 4.78 is 2.55. The van der Waals surface area contributed by atoms with Crippen molar-refractivity contribution in [2.45, 2.75) is 6.92 Å². The zero-order chi connectivity index (χ0) is 23.0. The molecule has 160 valence electrons. The first-order chi connectivity index (χ1) is 15.3. The number of hydrogen-bond donors (Lipinski definition) is 2. The zero-order valence-electron chi connectivity index (χ0n) is 16.7. The maximum atomic E-state index is 13.3. The second kappa shape index (κ2) is 8.52. The first-order valence-corrected chi connectivity index (χ1v) is 10.6. The van der Waals surface area contributed by atoms with E-state index in [2.05, 4.69) is 21.2 Å². The van der Waals surface area contributed by atoms with Gasteiger partial charge in [-0.15, -0.1) is 0 Å². The Morgan fingerprint density at radius 1 is 1.12 bits per heavy atom. The number of halogens is 1. The summed E-state index contributed by atoms with van der Waals surface area (Å²) in [5.74, 6) is -2.19. The maximum absolute atomic E-state index is 13.3. The summed E-state index contributed by atoms with van der Waals surface area (Å²) in [6.07, 6.45) is 3.19. The van der Waals surface area contributed by atoms with Gasteiger partial charge in [0.2, 0.25) is 0 Å². The molecule has 0 radical (unpaired) electrons. The third-order valence-electron chi connectivity index (χ3n) is 4.95. The van der Waals surface area contributed by atoms with E-state index in [1.54, 1.807) is 47.2 Å². The molecule has 0 spiro atoms. The topological polar surface area (TPSA) is 91.6 Å². The van der Waals surface area contributed by atoms with Crippen LogP contribution in [-0.4, -0.2) is 32.6 Å². The lowest BCUT2D eigenvalue weighted by atomic mass is 10.1. The summed E-state index contributed by atoms with van der Waals surface area (Å²) in [5.41, 5.74) is 2.53. The molecule has 0 atom stereocenters. The molecule has 2 amide bonds. The summed E-state index contributed by atoms with van der Waals surface area (Å²) >= 11 is 8.67. The molecule has 9 heteroatoms. The molecular formula is C23H16BrN3O4S. The van der Waals surface area contributed by atoms with Gasteiger partial charge in [0.15, 0.2) is 5.11 Å². The molecule has 1 aromatic heterocycles. The molecule has 1 fully saturated rings. The Hall–Kier alpha value is -3.56. The zero-order valence-corrected chi connectivity index (χ0v) is 19.1. The average molecular weight is 510 g/mol. The fourth-order valence-corrected chi connectivity index (χ4v) is 4.18. The molecule has 1 aliphatic heterocycles. The molecule has 0 saturated carbocycles. The second-order valence-corrected chi connectivity index (χ2v) is 8.35. The predicted octanol–water partition coefficient (Wildman–Crippen LogP) is 4.08. The van der Waals surface area contributed by atoms with Crippen LogP contribution in [0.2, 0.25) is 0 Å². The maximum Gasteiger partial charge on any atom is 0.335 e. The molecule has 2 N–H and O–H groups in total. The van der Waals surface area contributed by atoms with Gasteiger partial charge < -0.3 is 9.67 Å². The van der Waals surface area contributed by atoms with Crippen LogP contribution in [0.3, 0.4) is 0 Å². The number of nitrogens with one attached hydrogen (secondary N) is 1. The average Bonchev–Trinajstić information content (AvgIpc) is 3.21. The number of nitrogens with zero attached hydrogens (tertiary/aromatic N) is 2. The van der Waals surface area contributed by atoms with Crippen molar-refractivity contribution in [3.63, 3.8) is 0 Å². The number of rotatable bonds is 4. The van der Waals surface area contributed by atoms with Crippen LogP contribution in [0, 0.1) is 6.92 Å². The molecule has 7 nitrogen and oxygen atoms in total. The van der Waals surface area contributed by atoms with Gasteiger partial charge in [-0.25, -0.2) is 4.79 Å². The van der Waals surface area contributed by atoms with Crippen LogP contribution in [0.1, 0.15) is 21.6 Å². The SMILES string of the molecule is Cc1cc(Br)ccc1N1C(=O)/C(=C/c2cccn2-c2cccc(C(=O)O)c2)C(=O)NC1=S. The number of carboxylic acid groups (broad SMARTS) is 1. The van der Waals surface area contributed by atoms with Crippen molar-refractivity contribution in [3.8, 4) is 5.69 Å². The molecule has 1 saturated heterocycles. The van der Waals surface area contributed by atoms with E-state index in [0.29, 0.717) is 17.1 Å². The summed E-state index contributed by atoms with van der Waals surface area (Å²) in [6.45, 7) is 1.84. The van der Waals surface area contributed by atoms with Crippen molar-refractivity contribution in [1.82, 2.24) is 9.88 Å². The van der Waals surface area contributed by atoms with Gasteiger partial charge in [0, 0.05) is 22.1 Å². The summed E-state index contributed by atoms with van der Waals surface area (Å²) in [4.78, 5) is 38.6. The molecular weight excluding hydrogens is 494 g/mol. The van der Waals surface area contributed by atoms with Crippen molar-refractivity contribution in [2.24, 2.45) is 0 Å². The fourth-order valence-electron chi connectivity index (χ4n) is 3.43. The van der Waals surface area contributed by atoms with Crippen LogP contribution >= 0.6 is 28.1 Å². The highest BCUT2D eigenvalue weighted by Gasteiger charge is 2.35. The van der Waals surface area contributed by atoms with E-state index in [9.17, 15) is 19.5 Å². The number of hydrogen-bond acceptors (Lipinski definition) is 4. The lowest BCUT2D eigenvalue weighted by Crippen LogP contribution is -2.54. The first kappa shape index (κ1) is 21.7. The van der Waals surface area contributed by atoms with E-state index in [0.717, 1.165) is 10.0 Å². The van der Waals surface area contributed by atoms with E-state index in [1.165, 1.54) is 23.1 Å². The van der Waals surface area contributed by atoms with Crippen LogP contribution in [-0.2, 0) is 9.59 Å². The number of carbonyl (C=O) groups is 3. The van der Waals surface area contributed by atoms with Crippen molar-refractivity contribution in [1.29, 1.82) is 0 Å². The molecule has 32 heavy (non-hydrogen) atoms. The number of benzene rings is 2. The lowest BCUT2D eigenvalue weighted by Gasteiger charge is -2.30. The fraction of sp³-hybridized carbons (Fsp3) is 0.0435. The number of anilines is 1. The Bertz CT molecular complexity index is 1330. The predicted molar refractivity (Wildman–Crippen MR) is 128 cm³/mol. The van der Waals surface area contributed by atoms with E-state index in [-0.39, 0.29) is 16.2 Å². The van der Waals surface area contributed by atoms with Crippen LogP contribution in [0.5, 0.6) is 0 Å². The van der Waals surface area contributed by atoms with Crippen molar-refractivity contribution in [3.05, 3.63) is 87.7 Å². The van der Waals surface area contributed by atoms with Crippen molar-refractivity contribution >= 4 is 62.8 Å². The highest BCUT2D eigenvalue weighted by molar-refractivity contribution is 9.10. The quantitative estimate of drug-likeness (QED) is 0.314. The number of thiocarbonyl (C=S) groups is 1. The van der Waals surface area contributed by atoms with Gasteiger partial charge >= 0.3 is 5.97 Å². The molecule has 4 rings (SSSR count). The molecule has 3 aromatic rings. The minimum absolute atomic E-state index is 0.00659. The molecule has 1 aliphatic rings. The van der Waals surface area contributed by atoms with Crippen LogP contribution in [0.4, 0.5) is 5.69 Å². The second-order valence-electron chi connectivity index (χ2n) is 7.05. The Kier molecular flexibility index (Phi) is 5.77. The molecule has 0 aliphatic carbocycles. The standard InChI is InChI=1S/C23H16BrN3O4S/c1-13-10-15(24)7-8-19(13)27-21(29)18(20(28)25-23(27)32)12-17-6-3-9-26(17)16-5-2-4-14(11-16)22(30)31/h2-12H,1H3,(H,30,31)(H,25,28,32)/b18-12+. The molecule has 0 bridgehead atoms. The Balaban J connectivity index is 1.76. The van der Waals surface area contributed by atoms with Crippen LogP contribution in [0.25, 0.3) is 11.8 Å². The Labute approximate surface area is 197 Å². The van der Waals surface area contributed by atoms with Gasteiger partial charge in [-0.2, -0.15) is 0 Å². The highest BCUT2D eigenvalue weighted by atomic mass is 79.9. The summed E-state index contributed by atoms with van der Waals surface area (Å²) in [5, 5.41) is 11.9.